The zero-order valence-electron chi connectivity index (χ0n) is 16.8. The van der Waals surface area contributed by atoms with Gasteiger partial charge in [-0.3, -0.25) is 14.5 Å². The number of amides is 2. The van der Waals surface area contributed by atoms with Crippen LogP contribution in [0.2, 0.25) is 0 Å². The molecule has 0 saturated carbocycles. The van der Waals surface area contributed by atoms with Crippen molar-refractivity contribution in [1.82, 2.24) is 14.8 Å². The third kappa shape index (κ3) is 4.48. The molecule has 0 saturated heterocycles. The molecule has 0 aliphatic carbocycles. The summed E-state index contributed by atoms with van der Waals surface area (Å²) in [6, 6.07) is 11.5. The van der Waals surface area contributed by atoms with Gasteiger partial charge in [-0.15, -0.1) is 0 Å². The van der Waals surface area contributed by atoms with Gasteiger partial charge in [0.25, 0.3) is 5.91 Å². The van der Waals surface area contributed by atoms with Crippen LogP contribution in [0.5, 0.6) is 0 Å². The Labute approximate surface area is 165 Å². The summed E-state index contributed by atoms with van der Waals surface area (Å²) < 4.78 is 5.56. The van der Waals surface area contributed by atoms with Crippen molar-refractivity contribution in [2.24, 2.45) is 5.10 Å². The van der Waals surface area contributed by atoms with E-state index in [4.69, 9.17) is 4.42 Å². The van der Waals surface area contributed by atoms with E-state index in [1.807, 2.05) is 43.3 Å². The lowest BCUT2D eigenvalue weighted by Crippen LogP contribution is -2.41. The fourth-order valence-electron chi connectivity index (χ4n) is 3.09. The number of hydrazone groups is 1. The Morgan fingerprint density at radius 2 is 1.86 bits per heavy atom. The molecule has 3 rings (SSSR count). The van der Waals surface area contributed by atoms with Crippen molar-refractivity contribution in [3.63, 3.8) is 0 Å². The fourth-order valence-corrected chi connectivity index (χ4v) is 3.09. The van der Waals surface area contributed by atoms with E-state index in [1.54, 1.807) is 32.3 Å². The minimum atomic E-state index is -0.281. The topological polar surface area (TPSA) is 69.4 Å². The second-order valence-corrected chi connectivity index (χ2v) is 7.35. The lowest BCUT2D eigenvalue weighted by atomic mass is 10.0. The lowest BCUT2D eigenvalue weighted by molar-refractivity contribution is -0.135. The second-order valence-electron chi connectivity index (χ2n) is 7.35. The molecule has 0 bridgehead atoms. The van der Waals surface area contributed by atoms with Crippen LogP contribution in [-0.2, 0) is 9.59 Å². The number of carbonyl (C=O) groups is 2. The first-order valence-corrected chi connectivity index (χ1v) is 9.24. The summed E-state index contributed by atoms with van der Waals surface area (Å²) in [5.41, 5.74) is 3.01. The summed E-state index contributed by atoms with van der Waals surface area (Å²) in [6.45, 7) is 2.31. The van der Waals surface area contributed by atoms with Crippen molar-refractivity contribution in [1.29, 1.82) is 0 Å². The molecule has 148 valence electrons. The molecule has 0 spiro atoms. The molecule has 28 heavy (non-hydrogen) atoms. The second kappa shape index (κ2) is 8.39. The molecule has 2 aromatic rings. The summed E-state index contributed by atoms with van der Waals surface area (Å²) >= 11 is 0. The van der Waals surface area contributed by atoms with Crippen molar-refractivity contribution < 1.29 is 14.0 Å². The standard InChI is InChI=1S/C21H26N4O3/c1-15-7-9-16(10-8-15)17-12-18(19-6-5-11-28-19)25(22-17)21(27)14-24(4)13-20(26)23(2)3/h5-11,18H,12-14H2,1-4H3/t18-/m0/s1. The maximum atomic E-state index is 13.0. The van der Waals surface area contributed by atoms with Crippen LogP contribution in [0.4, 0.5) is 0 Å². The number of hydrogen-bond donors (Lipinski definition) is 0. The monoisotopic (exact) mass is 382 g/mol. The Balaban J connectivity index is 1.78. The first-order chi connectivity index (χ1) is 13.3. The van der Waals surface area contributed by atoms with Gasteiger partial charge in [0.05, 0.1) is 25.1 Å². The Morgan fingerprint density at radius 1 is 1.14 bits per heavy atom. The summed E-state index contributed by atoms with van der Waals surface area (Å²) in [7, 11) is 5.15. The van der Waals surface area contributed by atoms with Gasteiger partial charge < -0.3 is 9.32 Å². The van der Waals surface area contributed by atoms with Gasteiger partial charge in [-0.05, 0) is 31.7 Å². The molecule has 0 radical (unpaired) electrons. The predicted octanol–water partition coefficient (Wildman–Crippen LogP) is 2.29. The summed E-state index contributed by atoms with van der Waals surface area (Å²) in [6.07, 6.45) is 2.19. The van der Waals surface area contributed by atoms with Gasteiger partial charge in [0.15, 0.2) is 0 Å². The van der Waals surface area contributed by atoms with Gasteiger partial charge in [0.2, 0.25) is 5.91 Å². The number of rotatable bonds is 6. The van der Waals surface area contributed by atoms with Gasteiger partial charge in [0.1, 0.15) is 11.8 Å². The van der Waals surface area contributed by atoms with E-state index < -0.39 is 0 Å². The van der Waals surface area contributed by atoms with Gasteiger partial charge in [-0.2, -0.15) is 5.10 Å². The van der Waals surface area contributed by atoms with E-state index in [0.717, 1.165) is 11.3 Å². The molecular formula is C21H26N4O3. The van der Waals surface area contributed by atoms with Crippen molar-refractivity contribution in [2.45, 2.75) is 19.4 Å². The SMILES string of the molecule is Cc1ccc(C2=NN(C(=O)CN(C)CC(=O)N(C)C)[C@H](c3ccco3)C2)cc1. The average Bonchev–Trinajstić information content (AvgIpc) is 3.31. The predicted molar refractivity (Wildman–Crippen MR) is 107 cm³/mol. The minimum Gasteiger partial charge on any atom is -0.467 e. The van der Waals surface area contributed by atoms with E-state index in [-0.39, 0.29) is 30.9 Å². The van der Waals surface area contributed by atoms with Crippen LogP contribution in [-0.4, -0.2) is 66.6 Å². The molecule has 0 unspecified atom stereocenters. The molecule has 7 heteroatoms. The van der Waals surface area contributed by atoms with Crippen molar-refractivity contribution in [3.05, 3.63) is 59.5 Å². The first-order valence-electron chi connectivity index (χ1n) is 9.24. The molecule has 1 aromatic carbocycles. The highest BCUT2D eigenvalue weighted by Gasteiger charge is 2.35. The summed E-state index contributed by atoms with van der Waals surface area (Å²) in [4.78, 5) is 28.1. The first kappa shape index (κ1) is 19.8. The van der Waals surface area contributed by atoms with E-state index in [9.17, 15) is 9.59 Å². The number of furan rings is 1. The Morgan fingerprint density at radius 3 is 2.46 bits per heavy atom. The van der Waals surface area contributed by atoms with Crippen LogP contribution >= 0.6 is 0 Å². The third-order valence-corrected chi connectivity index (χ3v) is 4.73. The molecule has 1 aliphatic heterocycles. The maximum absolute atomic E-state index is 13.0. The Bertz CT molecular complexity index is 856. The normalized spacial score (nSPS) is 16.4. The minimum absolute atomic E-state index is 0.0526. The van der Waals surface area contributed by atoms with E-state index in [1.165, 1.54) is 15.5 Å². The van der Waals surface area contributed by atoms with Crippen molar-refractivity contribution in [3.8, 4) is 0 Å². The molecule has 1 atom stereocenters. The van der Waals surface area contributed by atoms with Crippen LogP contribution < -0.4 is 0 Å². The van der Waals surface area contributed by atoms with Gasteiger partial charge in [-0.1, -0.05) is 29.8 Å². The number of nitrogens with zero attached hydrogens (tertiary/aromatic N) is 4. The molecular weight excluding hydrogens is 356 g/mol. The summed E-state index contributed by atoms with van der Waals surface area (Å²) in [5, 5.41) is 6.10. The number of carbonyl (C=O) groups excluding carboxylic acids is 2. The van der Waals surface area contributed by atoms with Gasteiger partial charge >= 0.3 is 0 Å². The smallest absolute Gasteiger partial charge is 0.257 e. The van der Waals surface area contributed by atoms with Crippen LogP contribution in [0.15, 0.2) is 52.2 Å². The molecule has 1 aliphatic rings. The third-order valence-electron chi connectivity index (χ3n) is 4.73. The van der Waals surface area contributed by atoms with Crippen LogP contribution in [0, 0.1) is 6.92 Å². The molecule has 2 heterocycles. The van der Waals surface area contributed by atoms with Gasteiger partial charge in [0, 0.05) is 20.5 Å². The highest BCUT2D eigenvalue weighted by molar-refractivity contribution is 6.03. The lowest BCUT2D eigenvalue weighted by Gasteiger charge is -2.23. The van der Waals surface area contributed by atoms with E-state index >= 15 is 0 Å². The Hall–Kier alpha value is -2.93. The number of hydrogen-bond acceptors (Lipinski definition) is 5. The molecule has 0 fully saturated rings. The zero-order chi connectivity index (χ0) is 20.3. The van der Waals surface area contributed by atoms with Crippen LogP contribution in [0.3, 0.4) is 0 Å². The number of likely N-dealkylation sites (N-methyl/N-ethyl adjacent to an activating group) is 2. The molecule has 0 N–H and O–H groups in total. The quantitative estimate of drug-likeness (QED) is 0.769. The van der Waals surface area contributed by atoms with Crippen molar-refractivity contribution in [2.75, 3.05) is 34.2 Å². The van der Waals surface area contributed by atoms with E-state index in [2.05, 4.69) is 5.10 Å². The molecule has 2 amide bonds. The van der Waals surface area contributed by atoms with Crippen molar-refractivity contribution >= 4 is 17.5 Å². The van der Waals surface area contributed by atoms with Gasteiger partial charge in [-0.25, -0.2) is 5.01 Å². The molecule has 1 aromatic heterocycles. The van der Waals surface area contributed by atoms with Crippen LogP contribution in [0.1, 0.15) is 29.3 Å². The highest BCUT2D eigenvalue weighted by Crippen LogP contribution is 2.33. The highest BCUT2D eigenvalue weighted by atomic mass is 16.3. The Kier molecular flexibility index (Phi) is 5.94. The molecule has 7 nitrogen and oxygen atoms in total. The maximum Gasteiger partial charge on any atom is 0.257 e. The van der Waals surface area contributed by atoms with Crippen LogP contribution in [0.25, 0.3) is 0 Å². The number of aryl methyl sites for hydroxylation is 1. The fraction of sp³-hybridized carbons (Fsp3) is 0.381. The zero-order valence-corrected chi connectivity index (χ0v) is 16.8. The largest absolute Gasteiger partial charge is 0.467 e. The average molecular weight is 382 g/mol. The summed E-state index contributed by atoms with van der Waals surface area (Å²) in [5.74, 6) is 0.479. The van der Waals surface area contributed by atoms with E-state index in [0.29, 0.717) is 12.2 Å². The number of benzene rings is 1.